The van der Waals surface area contributed by atoms with Gasteiger partial charge in [0.05, 0.1) is 5.69 Å². The van der Waals surface area contributed by atoms with Crippen molar-refractivity contribution in [2.45, 2.75) is 51.0 Å². The number of halogens is 2. The lowest BCUT2D eigenvalue weighted by molar-refractivity contribution is 0.166. The van der Waals surface area contributed by atoms with Crippen LogP contribution in [0.5, 0.6) is 0 Å². The fourth-order valence-electron chi connectivity index (χ4n) is 3.83. The van der Waals surface area contributed by atoms with Crippen LogP contribution in [-0.2, 0) is 0 Å². The summed E-state index contributed by atoms with van der Waals surface area (Å²) in [6.07, 6.45) is 8.09. The van der Waals surface area contributed by atoms with Crippen molar-refractivity contribution >= 4 is 11.7 Å². The molecule has 1 unspecified atom stereocenters. The lowest BCUT2D eigenvalue weighted by Crippen LogP contribution is -2.43. The second kappa shape index (κ2) is 6.63. The van der Waals surface area contributed by atoms with Gasteiger partial charge in [0.15, 0.2) is 0 Å². The maximum atomic E-state index is 13.7. The van der Waals surface area contributed by atoms with Gasteiger partial charge in [0.25, 0.3) is 0 Å². The Morgan fingerprint density at radius 1 is 1.09 bits per heavy atom. The van der Waals surface area contributed by atoms with Crippen LogP contribution in [0.2, 0.25) is 0 Å². The van der Waals surface area contributed by atoms with Crippen molar-refractivity contribution in [3.05, 3.63) is 29.8 Å². The van der Waals surface area contributed by atoms with Crippen LogP contribution >= 0.6 is 0 Å². The first-order valence-electron chi connectivity index (χ1n) is 8.18. The largest absolute Gasteiger partial charge is 0.322 e. The van der Waals surface area contributed by atoms with Crippen molar-refractivity contribution in [2.24, 2.45) is 5.92 Å². The topological polar surface area (TPSA) is 32.3 Å². The van der Waals surface area contributed by atoms with E-state index >= 15 is 0 Å². The Hall–Kier alpha value is -1.65. The highest BCUT2D eigenvalue weighted by Crippen LogP contribution is 2.34. The van der Waals surface area contributed by atoms with Crippen molar-refractivity contribution in [1.82, 2.24) is 4.90 Å². The molecule has 5 heteroatoms. The molecule has 0 aromatic heterocycles. The van der Waals surface area contributed by atoms with Crippen molar-refractivity contribution in [3.8, 4) is 0 Å². The summed E-state index contributed by atoms with van der Waals surface area (Å²) in [5.74, 6) is -0.607. The number of hydrogen-bond donors (Lipinski definition) is 1. The van der Waals surface area contributed by atoms with Crippen LogP contribution in [0.3, 0.4) is 0 Å². The molecule has 1 heterocycles. The molecular weight excluding hydrogens is 286 g/mol. The Morgan fingerprint density at radius 3 is 2.64 bits per heavy atom. The number of carbonyl (C=O) groups excluding carboxylic acids is 1. The summed E-state index contributed by atoms with van der Waals surface area (Å²) in [6.45, 7) is 0.698. The van der Waals surface area contributed by atoms with Gasteiger partial charge in [0.1, 0.15) is 11.6 Å². The van der Waals surface area contributed by atoms with Gasteiger partial charge in [0, 0.05) is 18.7 Å². The Bertz CT molecular complexity index is 543. The molecular formula is C17H22F2N2O. The van der Waals surface area contributed by atoms with Gasteiger partial charge in [-0.15, -0.1) is 0 Å². The van der Waals surface area contributed by atoms with E-state index in [1.807, 2.05) is 4.90 Å². The van der Waals surface area contributed by atoms with E-state index in [0.717, 1.165) is 31.0 Å². The second-order valence-electron chi connectivity index (χ2n) is 6.36. The molecule has 1 atom stereocenters. The average molecular weight is 308 g/mol. The van der Waals surface area contributed by atoms with Crippen LogP contribution in [0.15, 0.2) is 18.2 Å². The van der Waals surface area contributed by atoms with Gasteiger partial charge in [-0.25, -0.2) is 13.6 Å². The smallest absolute Gasteiger partial charge is 0.321 e. The van der Waals surface area contributed by atoms with E-state index in [9.17, 15) is 13.6 Å². The first kappa shape index (κ1) is 15.3. The second-order valence-corrected chi connectivity index (χ2v) is 6.36. The van der Waals surface area contributed by atoms with Gasteiger partial charge in [-0.1, -0.05) is 19.3 Å². The number of urea groups is 1. The number of amides is 2. The zero-order valence-corrected chi connectivity index (χ0v) is 12.7. The monoisotopic (exact) mass is 308 g/mol. The van der Waals surface area contributed by atoms with Gasteiger partial charge in [0.2, 0.25) is 0 Å². The summed E-state index contributed by atoms with van der Waals surface area (Å²) in [5, 5.41) is 2.53. The standard InChI is InChI=1S/C17H22F2N2O/c18-13-8-9-14(19)15(11-13)20-17(22)21-10-4-7-16(21)12-5-2-1-3-6-12/h8-9,11-12,16H,1-7,10H2,(H,20,22). The number of hydrogen-bond acceptors (Lipinski definition) is 1. The Kier molecular flexibility index (Phi) is 4.60. The quantitative estimate of drug-likeness (QED) is 0.854. The fourth-order valence-corrected chi connectivity index (χ4v) is 3.83. The Morgan fingerprint density at radius 2 is 1.86 bits per heavy atom. The van der Waals surface area contributed by atoms with E-state index in [4.69, 9.17) is 0 Å². The van der Waals surface area contributed by atoms with Crippen LogP contribution in [0.25, 0.3) is 0 Å². The van der Waals surface area contributed by atoms with E-state index in [1.54, 1.807) is 0 Å². The van der Waals surface area contributed by atoms with Crippen LogP contribution in [0.1, 0.15) is 44.9 Å². The van der Waals surface area contributed by atoms with Crippen LogP contribution < -0.4 is 5.32 Å². The normalized spacial score (nSPS) is 22.8. The number of likely N-dealkylation sites (tertiary alicyclic amines) is 1. The summed E-state index contributed by atoms with van der Waals surface area (Å²) in [7, 11) is 0. The highest BCUT2D eigenvalue weighted by molar-refractivity contribution is 5.89. The van der Waals surface area contributed by atoms with Gasteiger partial charge < -0.3 is 10.2 Å². The molecule has 1 aliphatic carbocycles. The molecule has 1 N–H and O–H groups in total. The molecule has 2 aliphatic rings. The fraction of sp³-hybridized carbons (Fsp3) is 0.588. The molecule has 1 aromatic rings. The van der Waals surface area contributed by atoms with Crippen LogP contribution in [0.4, 0.5) is 19.3 Å². The minimum absolute atomic E-state index is 0.0840. The van der Waals surface area contributed by atoms with Gasteiger partial charge >= 0.3 is 6.03 Å². The molecule has 0 spiro atoms. The van der Waals surface area contributed by atoms with Crippen molar-refractivity contribution in [1.29, 1.82) is 0 Å². The number of nitrogens with zero attached hydrogens (tertiary/aromatic N) is 1. The summed E-state index contributed by atoms with van der Waals surface area (Å²) in [6, 6.07) is 3.05. The molecule has 1 saturated carbocycles. The molecule has 120 valence electrons. The van der Waals surface area contributed by atoms with Crippen LogP contribution in [-0.4, -0.2) is 23.5 Å². The van der Waals surface area contributed by atoms with Gasteiger partial charge in [-0.2, -0.15) is 0 Å². The van der Waals surface area contributed by atoms with Crippen molar-refractivity contribution in [3.63, 3.8) is 0 Å². The Labute approximate surface area is 129 Å². The lowest BCUT2D eigenvalue weighted by Gasteiger charge is -2.34. The first-order valence-corrected chi connectivity index (χ1v) is 8.18. The summed E-state index contributed by atoms with van der Waals surface area (Å²) in [4.78, 5) is 14.3. The van der Waals surface area contributed by atoms with E-state index in [-0.39, 0.29) is 17.8 Å². The van der Waals surface area contributed by atoms with E-state index in [1.165, 1.54) is 32.1 Å². The number of nitrogens with one attached hydrogen (secondary N) is 1. The van der Waals surface area contributed by atoms with Crippen molar-refractivity contribution < 1.29 is 13.6 Å². The van der Waals surface area contributed by atoms with E-state index in [0.29, 0.717) is 12.5 Å². The third-order valence-corrected chi connectivity index (χ3v) is 4.92. The maximum Gasteiger partial charge on any atom is 0.322 e. The minimum Gasteiger partial charge on any atom is -0.321 e. The van der Waals surface area contributed by atoms with E-state index in [2.05, 4.69) is 5.32 Å². The van der Waals surface area contributed by atoms with E-state index < -0.39 is 11.6 Å². The molecule has 1 saturated heterocycles. The number of carbonyl (C=O) groups is 1. The SMILES string of the molecule is O=C(Nc1cc(F)ccc1F)N1CCCC1C1CCCCC1. The molecule has 2 fully saturated rings. The van der Waals surface area contributed by atoms with Gasteiger partial charge in [-0.05, 0) is 43.7 Å². The number of anilines is 1. The molecule has 3 rings (SSSR count). The lowest BCUT2D eigenvalue weighted by atomic mass is 9.83. The number of benzene rings is 1. The maximum absolute atomic E-state index is 13.7. The predicted molar refractivity (Wildman–Crippen MR) is 81.7 cm³/mol. The first-order chi connectivity index (χ1) is 10.6. The zero-order valence-electron chi connectivity index (χ0n) is 12.7. The zero-order chi connectivity index (χ0) is 15.5. The number of rotatable bonds is 2. The molecule has 22 heavy (non-hydrogen) atoms. The van der Waals surface area contributed by atoms with Crippen LogP contribution in [0, 0.1) is 17.6 Å². The highest BCUT2D eigenvalue weighted by Gasteiger charge is 2.35. The molecule has 1 aromatic carbocycles. The third kappa shape index (κ3) is 3.23. The summed E-state index contributed by atoms with van der Waals surface area (Å²) in [5.41, 5.74) is -0.0840. The molecule has 0 radical (unpaired) electrons. The molecule has 1 aliphatic heterocycles. The van der Waals surface area contributed by atoms with Gasteiger partial charge in [-0.3, -0.25) is 0 Å². The molecule has 2 amide bonds. The Balaban J connectivity index is 1.69. The summed E-state index contributed by atoms with van der Waals surface area (Å²) < 4.78 is 26.9. The molecule has 0 bridgehead atoms. The highest BCUT2D eigenvalue weighted by atomic mass is 19.1. The third-order valence-electron chi connectivity index (χ3n) is 4.92. The predicted octanol–water partition coefficient (Wildman–Crippen LogP) is 4.54. The molecule has 3 nitrogen and oxygen atoms in total. The summed E-state index contributed by atoms with van der Waals surface area (Å²) >= 11 is 0. The minimum atomic E-state index is -0.608. The van der Waals surface area contributed by atoms with Crippen molar-refractivity contribution in [2.75, 3.05) is 11.9 Å². The average Bonchev–Trinajstić information content (AvgIpc) is 3.01.